The molecule has 7 nitrogen and oxygen atoms in total. The Bertz CT molecular complexity index is 782. The fourth-order valence-corrected chi connectivity index (χ4v) is 2.55. The fourth-order valence-electron chi connectivity index (χ4n) is 2.55. The van der Waals surface area contributed by atoms with E-state index in [9.17, 15) is 9.59 Å². The summed E-state index contributed by atoms with van der Waals surface area (Å²) >= 11 is 0. The van der Waals surface area contributed by atoms with Crippen LogP contribution < -0.4 is 15.8 Å². The topological polar surface area (TPSA) is 80.1 Å². The summed E-state index contributed by atoms with van der Waals surface area (Å²) in [6, 6.07) is 7.99. The number of aryl methyl sites for hydroxylation is 1. The predicted molar refractivity (Wildman–Crippen MR) is 87.1 cm³/mol. The standard InChI is InChI=1S/C16H19N5O2/c1-3-8-17-14(22)13-15(23)21-10-9-20(16(21)19-18-13)12-6-4-11(2)5-7-12/h4-7H,3,8-10H2,1-2H3,(H,17,22). The van der Waals surface area contributed by atoms with Crippen molar-refractivity contribution in [2.45, 2.75) is 26.8 Å². The first-order chi connectivity index (χ1) is 11.1. The number of benzene rings is 1. The van der Waals surface area contributed by atoms with Crippen molar-refractivity contribution in [2.24, 2.45) is 0 Å². The highest BCUT2D eigenvalue weighted by molar-refractivity contribution is 5.91. The number of fused-ring (bicyclic) bond motifs is 1. The molecule has 1 aliphatic rings. The van der Waals surface area contributed by atoms with Crippen LogP contribution in [0.25, 0.3) is 0 Å². The molecule has 7 heteroatoms. The molecule has 0 spiro atoms. The molecule has 0 saturated heterocycles. The summed E-state index contributed by atoms with van der Waals surface area (Å²) in [5, 5.41) is 10.6. The molecule has 2 aromatic rings. The van der Waals surface area contributed by atoms with Gasteiger partial charge in [-0.3, -0.25) is 14.2 Å². The molecule has 23 heavy (non-hydrogen) atoms. The molecule has 0 fully saturated rings. The van der Waals surface area contributed by atoms with Crippen molar-refractivity contribution >= 4 is 17.5 Å². The van der Waals surface area contributed by atoms with E-state index in [2.05, 4.69) is 15.5 Å². The lowest BCUT2D eigenvalue weighted by Crippen LogP contribution is -2.35. The van der Waals surface area contributed by atoms with Gasteiger partial charge in [-0.05, 0) is 25.5 Å². The second-order valence-electron chi connectivity index (χ2n) is 5.55. The van der Waals surface area contributed by atoms with Gasteiger partial charge in [-0.25, -0.2) is 0 Å². The molecule has 0 bridgehead atoms. The van der Waals surface area contributed by atoms with Gasteiger partial charge >= 0.3 is 0 Å². The monoisotopic (exact) mass is 313 g/mol. The summed E-state index contributed by atoms with van der Waals surface area (Å²) in [6.07, 6.45) is 0.798. The van der Waals surface area contributed by atoms with Crippen LogP contribution in [0.2, 0.25) is 0 Å². The van der Waals surface area contributed by atoms with Crippen molar-refractivity contribution in [2.75, 3.05) is 18.0 Å². The largest absolute Gasteiger partial charge is 0.350 e. The van der Waals surface area contributed by atoms with Crippen LogP contribution in [0.5, 0.6) is 0 Å². The molecule has 0 atom stereocenters. The van der Waals surface area contributed by atoms with Crippen LogP contribution in [0.1, 0.15) is 29.4 Å². The van der Waals surface area contributed by atoms with Gasteiger partial charge < -0.3 is 10.2 Å². The molecule has 1 aromatic carbocycles. The molecule has 0 unspecified atom stereocenters. The first-order valence-corrected chi connectivity index (χ1v) is 7.71. The van der Waals surface area contributed by atoms with Gasteiger partial charge in [0.2, 0.25) is 11.6 Å². The zero-order chi connectivity index (χ0) is 16.4. The van der Waals surface area contributed by atoms with E-state index in [-0.39, 0.29) is 5.69 Å². The van der Waals surface area contributed by atoms with Crippen LogP contribution in [-0.2, 0) is 6.54 Å². The van der Waals surface area contributed by atoms with Gasteiger partial charge in [0.15, 0.2) is 0 Å². The number of hydrogen-bond donors (Lipinski definition) is 1. The number of carbonyl (C=O) groups excluding carboxylic acids is 1. The third-order valence-corrected chi connectivity index (χ3v) is 3.81. The first-order valence-electron chi connectivity index (χ1n) is 7.71. The Morgan fingerprint density at radius 3 is 2.65 bits per heavy atom. The van der Waals surface area contributed by atoms with E-state index in [0.717, 1.165) is 12.1 Å². The number of nitrogens with zero attached hydrogens (tertiary/aromatic N) is 4. The smallest absolute Gasteiger partial charge is 0.286 e. The fraction of sp³-hybridized carbons (Fsp3) is 0.375. The van der Waals surface area contributed by atoms with Crippen molar-refractivity contribution in [3.8, 4) is 0 Å². The summed E-state index contributed by atoms with van der Waals surface area (Å²) in [5.74, 6) is 0.0133. The highest BCUT2D eigenvalue weighted by Gasteiger charge is 2.26. The Hall–Kier alpha value is -2.70. The average Bonchev–Trinajstić information content (AvgIpc) is 2.98. The highest BCUT2D eigenvalue weighted by Crippen LogP contribution is 2.26. The second kappa shape index (κ2) is 6.20. The van der Waals surface area contributed by atoms with E-state index in [4.69, 9.17) is 0 Å². The van der Waals surface area contributed by atoms with E-state index in [1.165, 1.54) is 10.1 Å². The van der Waals surface area contributed by atoms with Crippen molar-refractivity contribution in [3.05, 3.63) is 45.9 Å². The third-order valence-electron chi connectivity index (χ3n) is 3.81. The maximum Gasteiger partial charge on any atom is 0.286 e. The van der Waals surface area contributed by atoms with Crippen molar-refractivity contribution in [3.63, 3.8) is 0 Å². The number of rotatable bonds is 4. The molecule has 0 aliphatic carbocycles. The van der Waals surface area contributed by atoms with Gasteiger partial charge in [0, 0.05) is 25.3 Å². The zero-order valence-electron chi connectivity index (χ0n) is 13.2. The summed E-state index contributed by atoms with van der Waals surface area (Å²) in [7, 11) is 0. The van der Waals surface area contributed by atoms with E-state index in [0.29, 0.717) is 25.6 Å². The van der Waals surface area contributed by atoms with Crippen LogP contribution in [0.4, 0.5) is 11.6 Å². The van der Waals surface area contributed by atoms with Crippen molar-refractivity contribution < 1.29 is 4.79 Å². The SMILES string of the molecule is CCCNC(=O)c1nnc2n(c1=O)CCN2c1ccc(C)cc1. The third kappa shape index (κ3) is 2.81. The maximum absolute atomic E-state index is 12.5. The number of amides is 1. The minimum Gasteiger partial charge on any atom is -0.350 e. The first kappa shape index (κ1) is 15.2. The molecule has 1 aromatic heterocycles. The second-order valence-corrected chi connectivity index (χ2v) is 5.55. The average molecular weight is 313 g/mol. The molecular weight excluding hydrogens is 294 g/mol. The summed E-state index contributed by atoms with van der Waals surface area (Å²) in [6.45, 7) is 5.60. The molecule has 1 aliphatic heterocycles. The molecule has 120 valence electrons. The van der Waals surface area contributed by atoms with Gasteiger partial charge in [0.05, 0.1) is 0 Å². The highest BCUT2D eigenvalue weighted by atomic mass is 16.2. The van der Waals surface area contributed by atoms with Gasteiger partial charge in [0.1, 0.15) is 0 Å². The number of hydrogen-bond acceptors (Lipinski definition) is 5. The van der Waals surface area contributed by atoms with Gasteiger partial charge in [-0.15, -0.1) is 10.2 Å². The van der Waals surface area contributed by atoms with Gasteiger partial charge in [-0.2, -0.15) is 0 Å². The van der Waals surface area contributed by atoms with Crippen LogP contribution >= 0.6 is 0 Å². The number of carbonyl (C=O) groups is 1. The molecule has 3 rings (SSSR count). The summed E-state index contributed by atoms with van der Waals surface area (Å²) in [4.78, 5) is 26.4. The number of anilines is 2. The zero-order valence-corrected chi connectivity index (χ0v) is 13.2. The van der Waals surface area contributed by atoms with Crippen molar-refractivity contribution in [1.82, 2.24) is 20.1 Å². The molecule has 0 radical (unpaired) electrons. The summed E-state index contributed by atoms with van der Waals surface area (Å²) in [5.41, 5.74) is 1.59. The van der Waals surface area contributed by atoms with E-state index in [1.54, 1.807) is 0 Å². The molecule has 1 amide bonds. The Kier molecular flexibility index (Phi) is 4.10. The molecule has 1 N–H and O–H groups in total. The van der Waals surface area contributed by atoms with E-state index >= 15 is 0 Å². The van der Waals surface area contributed by atoms with Crippen LogP contribution in [0.15, 0.2) is 29.1 Å². The quantitative estimate of drug-likeness (QED) is 0.918. The van der Waals surface area contributed by atoms with Crippen LogP contribution in [0.3, 0.4) is 0 Å². The summed E-state index contributed by atoms with van der Waals surface area (Å²) < 4.78 is 1.51. The van der Waals surface area contributed by atoms with E-state index < -0.39 is 11.5 Å². The van der Waals surface area contributed by atoms with Crippen molar-refractivity contribution in [1.29, 1.82) is 0 Å². The Balaban J connectivity index is 1.93. The number of nitrogens with one attached hydrogen (secondary N) is 1. The normalized spacial score (nSPS) is 13.0. The minimum absolute atomic E-state index is 0.145. The molecule has 2 heterocycles. The maximum atomic E-state index is 12.5. The van der Waals surface area contributed by atoms with Crippen LogP contribution in [-0.4, -0.2) is 33.8 Å². The van der Waals surface area contributed by atoms with E-state index in [1.807, 2.05) is 43.0 Å². The number of aromatic nitrogens is 3. The lowest BCUT2D eigenvalue weighted by Gasteiger charge is -2.16. The Labute approximate surface area is 134 Å². The van der Waals surface area contributed by atoms with Gasteiger partial charge in [-0.1, -0.05) is 24.6 Å². The minimum atomic E-state index is -0.464. The lowest BCUT2D eigenvalue weighted by atomic mass is 10.2. The Morgan fingerprint density at radius 2 is 1.96 bits per heavy atom. The Morgan fingerprint density at radius 1 is 1.22 bits per heavy atom. The lowest BCUT2D eigenvalue weighted by molar-refractivity contribution is 0.0945. The molecule has 0 saturated carbocycles. The predicted octanol–water partition coefficient (Wildman–Crippen LogP) is 1.24. The van der Waals surface area contributed by atoms with Gasteiger partial charge in [0.25, 0.3) is 11.5 Å². The molecular formula is C16H19N5O2. The van der Waals surface area contributed by atoms with Crippen LogP contribution in [0, 0.1) is 6.92 Å².